The van der Waals surface area contributed by atoms with Crippen molar-refractivity contribution in [2.45, 2.75) is 44.2 Å². The van der Waals surface area contributed by atoms with Crippen LogP contribution in [0.2, 0.25) is 5.02 Å². The number of likely N-dealkylation sites (tertiary alicyclic amines) is 1. The van der Waals surface area contributed by atoms with E-state index in [0.29, 0.717) is 5.92 Å². The fraction of sp³-hybridized carbons (Fsp3) is 0.625. The van der Waals surface area contributed by atoms with Crippen molar-refractivity contribution in [3.05, 3.63) is 34.6 Å². The Bertz CT molecular complexity index is 495. The van der Waals surface area contributed by atoms with Gasteiger partial charge in [-0.25, -0.2) is 4.39 Å². The first-order valence-corrected chi connectivity index (χ1v) is 7.83. The van der Waals surface area contributed by atoms with Gasteiger partial charge in [0.2, 0.25) is 0 Å². The van der Waals surface area contributed by atoms with E-state index in [0.717, 1.165) is 50.9 Å². The summed E-state index contributed by atoms with van der Waals surface area (Å²) in [4.78, 5) is 2.33. The molecule has 3 rings (SSSR count). The van der Waals surface area contributed by atoms with E-state index in [-0.39, 0.29) is 10.8 Å². The third-order valence-corrected chi connectivity index (χ3v) is 5.21. The minimum atomic E-state index is -0.444. The first-order valence-electron chi connectivity index (χ1n) is 7.45. The number of aliphatic hydroxyl groups is 1. The number of piperidine rings is 1. The molecule has 0 amide bonds. The summed E-state index contributed by atoms with van der Waals surface area (Å²) in [6.45, 7) is 2.54. The molecule has 2 unspecified atom stereocenters. The van der Waals surface area contributed by atoms with Gasteiger partial charge < -0.3 is 5.11 Å². The van der Waals surface area contributed by atoms with Crippen LogP contribution in [0.4, 0.5) is 4.39 Å². The molecule has 0 radical (unpaired) electrons. The van der Waals surface area contributed by atoms with Crippen LogP contribution in [0.15, 0.2) is 18.2 Å². The van der Waals surface area contributed by atoms with Gasteiger partial charge in [0.05, 0.1) is 10.6 Å². The minimum absolute atomic E-state index is 0.175. The lowest BCUT2D eigenvalue weighted by Crippen LogP contribution is -2.52. The summed E-state index contributed by atoms with van der Waals surface area (Å²) in [5.41, 5.74) is 0.508. The summed E-state index contributed by atoms with van der Waals surface area (Å²) >= 11 is 5.71. The van der Waals surface area contributed by atoms with Gasteiger partial charge in [-0.2, -0.15) is 0 Å². The second kappa shape index (κ2) is 5.63. The van der Waals surface area contributed by atoms with Crippen LogP contribution in [-0.2, 0) is 6.54 Å². The van der Waals surface area contributed by atoms with Gasteiger partial charge in [0.15, 0.2) is 0 Å². The van der Waals surface area contributed by atoms with Crippen molar-refractivity contribution in [2.24, 2.45) is 5.92 Å². The van der Waals surface area contributed by atoms with Crippen LogP contribution in [0.5, 0.6) is 0 Å². The Morgan fingerprint density at radius 3 is 3.00 bits per heavy atom. The molecule has 2 fully saturated rings. The largest absolute Gasteiger partial charge is 0.390 e. The normalized spacial score (nSPS) is 31.1. The topological polar surface area (TPSA) is 23.5 Å². The number of hydrogen-bond acceptors (Lipinski definition) is 2. The van der Waals surface area contributed by atoms with Crippen molar-refractivity contribution >= 4 is 11.6 Å². The molecule has 1 aliphatic heterocycles. The smallest absolute Gasteiger partial charge is 0.142 e. The Labute approximate surface area is 124 Å². The molecule has 0 aromatic heterocycles. The molecule has 2 nitrogen and oxygen atoms in total. The maximum Gasteiger partial charge on any atom is 0.142 e. The van der Waals surface area contributed by atoms with Gasteiger partial charge in [-0.05, 0) is 37.0 Å². The molecular formula is C16H21ClFNO. The van der Waals surface area contributed by atoms with Gasteiger partial charge in [-0.3, -0.25) is 4.90 Å². The summed E-state index contributed by atoms with van der Waals surface area (Å²) < 4.78 is 13.5. The van der Waals surface area contributed by atoms with Crippen LogP contribution in [0.1, 0.15) is 37.7 Å². The molecule has 20 heavy (non-hydrogen) atoms. The molecule has 2 aliphatic rings. The predicted octanol–water partition coefficient (Wildman–Crippen LogP) is 3.61. The van der Waals surface area contributed by atoms with E-state index in [1.807, 2.05) is 6.07 Å². The molecule has 1 N–H and O–H groups in total. The van der Waals surface area contributed by atoms with Crippen LogP contribution in [0.25, 0.3) is 0 Å². The van der Waals surface area contributed by atoms with Gasteiger partial charge in [0.1, 0.15) is 5.82 Å². The second-order valence-electron chi connectivity index (χ2n) is 6.28. The Balaban J connectivity index is 1.66. The van der Waals surface area contributed by atoms with Crippen molar-refractivity contribution in [3.8, 4) is 0 Å². The van der Waals surface area contributed by atoms with E-state index in [9.17, 15) is 9.50 Å². The molecular weight excluding hydrogens is 277 g/mol. The van der Waals surface area contributed by atoms with E-state index in [4.69, 9.17) is 11.6 Å². The summed E-state index contributed by atoms with van der Waals surface area (Å²) in [5, 5.41) is 10.8. The number of rotatable bonds is 2. The number of halogens is 2. The molecule has 4 heteroatoms. The molecule has 0 spiro atoms. The third-order valence-electron chi connectivity index (χ3n) is 4.90. The Kier molecular flexibility index (Phi) is 4.02. The lowest BCUT2D eigenvalue weighted by molar-refractivity contribution is -0.0968. The fourth-order valence-corrected chi connectivity index (χ4v) is 3.80. The number of fused-ring (bicyclic) bond motifs is 1. The van der Waals surface area contributed by atoms with Crippen LogP contribution < -0.4 is 0 Å². The lowest BCUT2D eigenvalue weighted by Gasteiger charge is -2.47. The zero-order chi connectivity index (χ0) is 14.2. The van der Waals surface area contributed by atoms with Gasteiger partial charge >= 0.3 is 0 Å². The highest BCUT2D eigenvalue weighted by Gasteiger charge is 2.42. The second-order valence-corrected chi connectivity index (χ2v) is 6.69. The number of hydrogen-bond donors (Lipinski definition) is 1. The molecule has 1 aromatic carbocycles. The Morgan fingerprint density at radius 2 is 2.20 bits per heavy atom. The zero-order valence-electron chi connectivity index (χ0n) is 11.6. The van der Waals surface area contributed by atoms with E-state index < -0.39 is 5.60 Å². The van der Waals surface area contributed by atoms with Crippen molar-refractivity contribution in [1.29, 1.82) is 0 Å². The first kappa shape index (κ1) is 14.3. The predicted molar refractivity (Wildman–Crippen MR) is 78.2 cm³/mol. The standard InChI is InChI=1S/C16H21ClFNO/c17-14-5-4-12(9-15(14)18)10-19-8-7-16(20)6-2-1-3-13(16)11-19/h4-5,9,13,20H,1-3,6-8,10-11H2. The monoisotopic (exact) mass is 297 g/mol. The average Bonchev–Trinajstić information content (AvgIpc) is 2.43. The fourth-order valence-electron chi connectivity index (χ4n) is 3.68. The molecule has 1 aromatic rings. The van der Waals surface area contributed by atoms with Gasteiger partial charge in [-0.1, -0.05) is 30.5 Å². The summed E-state index contributed by atoms with van der Waals surface area (Å²) in [6.07, 6.45) is 5.27. The molecule has 1 saturated heterocycles. The van der Waals surface area contributed by atoms with Crippen LogP contribution in [0, 0.1) is 11.7 Å². The molecule has 1 aliphatic carbocycles. The zero-order valence-corrected chi connectivity index (χ0v) is 12.4. The van der Waals surface area contributed by atoms with Crippen molar-refractivity contribution in [3.63, 3.8) is 0 Å². The molecule has 110 valence electrons. The third kappa shape index (κ3) is 2.85. The van der Waals surface area contributed by atoms with Gasteiger partial charge in [0.25, 0.3) is 0 Å². The molecule has 2 atom stereocenters. The quantitative estimate of drug-likeness (QED) is 0.901. The van der Waals surface area contributed by atoms with Crippen LogP contribution >= 0.6 is 11.6 Å². The molecule has 1 heterocycles. The van der Waals surface area contributed by atoms with E-state index >= 15 is 0 Å². The first-order chi connectivity index (χ1) is 9.57. The molecule has 0 bridgehead atoms. The Morgan fingerprint density at radius 1 is 1.35 bits per heavy atom. The summed E-state index contributed by atoms with van der Waals surface area (Å²) in [6, 6.07) is 5.02. The van der Waals surface area contributed by atoms with Crippen molar-refractivity contribution in [2.75, 3.05) is 13.1 Å². The van der Waals surface area contributed by atoms with Crippen molar-refractivity contribution < 1.29 is 9.50 Å². The van der Waals surface area contributed by atoms with Crippen molar-refractivity contribution in [1.82, 2.24) is 4.90 Å². The van der Waals surface area contributed by atoms with Crippen LogP contribution in [-0.4, -0.2) is 28.7 Å². The maximum atomic E-state index is 13.5. The SMILES string of the molecule is OC12CCCCC1CN(Cc1ccc(Cl)c(F)c1)CC2. The highest BCUT2D eigenvalue weighted by Crippen LogP contribution is 2.40. The maximum absolute atomic E-state index is 13.5. The Hall–Kier alpha value is -0.640. The molecule has 1 saturated carbocycles. The van der Waals surface area contributed by atoms with Crippen LogP contribution in [0.3, 0.4) is 0 Å². The lowest BCUT2D eigenvalue weighted by atomic mass is 9.71. The summed E-state index contributed by atoms with van der Waals surface area (Å²) in [7, 11) is 0. The van der Waals surface area contributed by atoms with Gasteiger partial charge in [0, 0.05) is 25.6 Å². The van der Waals surface area contributed by atoms with E-state index in [1.165, 1.54) is 12.5 Å². The van der Waals surface area contributed by atoms with E-state index in [2.05, 4.69) is 4.90 Å². The summed E-state index contributed by atoms with van der Waals surface area (Å²) in [5.74, 6) is 0.0255. The number of nitrogens with zero attached hydrogens (tertiary/aromatic N) is 1. The highest BCUT2D eigenvalue weighted by molar-refractivity contribution is 6.30. The van der Waals surface area contributed by atoms with Gasteiger partial charge in [-0.15, -0.1) is 0 Å². The van der Waals surface area contributed by atoms with E-state index in [1.54, 1.807) is 6.07 Å². The number of benzene rings is 1. The average molecular weight is 298 g/mol. The minimum Gasteiger partial charge on any atom is -0.390 e. The highest BCUT2D eigenvalue weighted by atomic mass is 35.5.